The van der Waals surface area contributed by atoms with E-state index in [1.807, 2.05) is 59.3 Å². The van der Waals surface area contributed by atoms with Crippen LogP contribution in [0.15, 0.2) is 67.0 Å². The average Bonchev–Trinajstić information content (AvgIpc) is 3.20. The monoisotopic (exact) mass is 423 g/mol. The number of hydrogen-bond acceptors (Lipinski definition) is 5. The van der Waals surface area contributed by atoms with Crippen LogP contribution in [0.5, 0.6) is 17.2 Å². The van der Waals surface area contributed by atoms with Gasteiger partial charge in [-0.05, 0) is 54.6 Å². The topological polar surface area (TPSA) is 71.0 Å². The summed E-state index contributed by atoms with van der Waals surface area (Å²) in [6.07, 6.45) is 4.63. The first-order valence-electron chi connectivity index (χ1n) is 9.57. The molecule has 0 atom stereocenters. The van der Waals surface area contributed by atoms with Crippen molar-refractivity contribution in [1.82, 2.24) is 9.38 Å². The second kappa shape index (κ2) is 8.97. The number of ether oxygens (including phenoxy) is 3. The van der Waals surface area contributed by atoms with Crippen molar-refractivity contribution < 1.29 is 14.2 Å². The van der Waals surface area contributed by atoms with Crippen LogP contribution in [-0.4, -0.2) is 29.7 Å². The van der Waals surface area contributed by atoms with Gasteiger partial charge < -0.3 is 24.3 Å². The van der Waals surface area contributed by atoms with E-state index < -0.39 is 0 Å². The maximum atomic E-state index is 6.03. The van der Waals surface area contributed by atoms with Gasteiger partial charge in [0.1, 0.15) is 11.5 Å². The number of fused-ring (bicyclic) bond motifs is 1. The predicted octanol–water partition coefficient (Wildman–Crippen LogP) is 5.09. The van der Waals surface area contributed by atoms with Gasteiger partial charge in [0.15, 0.2) is 11.4 Å². The van der Waals surface area contributed by atoms with Crippen molar-refractivity contribution in [2.24, 2.45) is 0 Å². The first-order valence-corrected chi connectivity index (χ1v) is 9.94. The number of nitrogen functional groups attached to an aromatic ring is 1. The molecule has 0 amide bonds. The lowest BCUT2D eigenvalue weighted by Gasteiger charge is -2.08. The molecule has 0 spiro atoms. The molecule has 0 bridgehead atoms. The van der Waals surface area contributed by atoms with E-state index >= 15 is 0 Å². The Morgan fingerprint density at radius 1 is 1.00 bits per heavy atom. The number of imidazole rings is 1. The molecule has 2 N–H and O–H groups in total. The highest BCUT2D eigenvalue weighted by molar-refractivity contribution is 6.30. The zero-order valence-corrected chi connectivity index (χ0v) is 17.3. The molecule has 6 nitrogen and oxygen atoms in total. The molecule has 0 saturated heterocycles. The Labute approximate surface area is 179 Å². The molecule has 4 rings (SSSR count). The van der Waals surface area contributed by atoms with Gasteiger partial charge in [-0.1, -0.05) is 11.6 Å². The summed E-state index contributed by atoms with van der Waals surface area (Å²) in [6.45, 7) is 1.07. The summed E-state index contributed by atoms with van der Waals surface area (Å²) in [5.74, 6) is 2.15. The summed E-state index contributed by atoms with van der Waals surface area (Å²) in [5.41, 5.74) is 9.09. The zero-order valence-electron chi connectivity index (χ0n) is 16.5. The van der Waals surface area contributed by atoms with E-state index in [9.17, 15) is 0 Å². The fourth-order valence-corrected chi connectivity index (χ4v) is 3.22. The van der Waals surface area contributed by atoms with Crippen molar-refractivity contribution in [2.75, 3.05) is 26.1 Å². The summed E-state index contributed by atoms with van der Waals surface area (Å²) in [7, 11) is 1.60. The largest absolute Gasteiger partial charge is 0.495 e. The Bertz CT molecular complexity index is 1140. The number of pyridine rings is 1. The number of halogens is 1. The van der Waals surface area contributed by atoms with Crippen LogP contribution in [0.2, 0.25) is 5.02 Å². The highest BCUT2D eigenvalue weighted by Crippen LogP contribution is 2.29. The lowest BCUT2D eigenvalue weighted by atomic mass is 10.1. The van der Waals surface area contributed by atoms with Crippen LogP contribution in [0.3, 0.4) is 0 Å². The molecule has 2 aromatic heterocycles. The Morgan fingerprint density at radius 3 is 2.57 bits per heavy atom. The predicted molar refractivity (Wildman–Crippen MR) is 119 cm³/mol. The molecule has 0 radical (unpaired) electrons. The van der Waals surface area contributed by atoms with Crippen LogP contribution >= 0.6 is 11.6 Å². The van der Waals surface area contributed by atoms with E-state index in [1.54, 1.807) is 19.2 Å². The highest BCUT2D eigenvalue weighted by atomic mass is 35.5. The standard InChI is InChI=1S/C23H22ClN3O3/c1-28-21-10-5-16(14-19(21)25)20-15-27-11-2-4-22(23(27)26-20)30-13-3-12-29-18-8-6-17(24)7-9-18/h2,4-11,14-15H,3,12-13,25H2,1H3. The Balaban J connectivity index is 1.41. The summed E-state index contributed by atoms with van der Waals surface area (Å²) >= 11 is 5.88. The fourth-order valence-electron chi connectivity index (χ4n) is 3.09. The number of aromatic nitrogens is 2. The lowest BCUT2D eigenvalue weighted by Crippen LogP contribution is -2.05. The summed E-state index contributed by atoms with van der Waals surface area (Å²) in [5, 5.41) is 0.690. The van der Waals surface area contributed by atoms with Crippen LogP contribution in [0.25, 0.3) is 16.9 Å². The van der Waals surface area contributed by atoms with Gasteiger partial charge in [0.25, 0.3) is 0 Å². The SMILES string of the molecule is COc1ccc(-c2cn3cccc(OCCCOc4ccc(Cl)cc4)c3n2)cc1N. The minimum atomic E-state index is 0.519. The maximum absolute atomic E-state index is 6.03. The van der Waals surface area contributed by atoms with E-state index in [0.717, 1.165) is 34.8 Å². The summed E-state index contributed by atoms with van der Waals surface area (Å²) in [4.78, 5) is 4.73. The number of rotatable bonds is 8. The van der Waals surface area contributed by atoms with E-state index in [-0.39, 0.29) is 0 Å². The number of methoxy groups -OCH3 is 1. The highest BCUT2D eigenvalue weighted by Gasteiger charge is 2.10. The van der Waals surface area contributed by atoms with Crippen LogP contribution in [0, 0.1) is 0 Å². The molecule has 2 aromatic carbocycles. The molecule has 2 heterocycles. The minimum absolute atomic E-state index is 0.519. The molecule has 0 aliphatic heterocycles. The third kappa shape index (κ3) is 4.44. The quantitative estimate of drug-likeness (QED) is 0.315. The van der Waals surface area contributed by atoms with Gasteiger partial charge in [0, 0.05) is 29.4 Å². The van der Waals surface area contributed by atoms with Crippen LogP contribution in [0.1, 0.15) is 6.42 Å². The van der Waals surface area contributed by atoms with E-state index in [2.05, 4.69) is 0 Å². The third-order valence-electron chi connectivity index (χ3n) is 4.60. The van der Waals surface area contributed by atoms with Crippen LogP contribution in [-0.2, 0) is 0 Å². The second-order valence-corrected chi connectivity index (χ2v) is 7.13. The van der Waals surface area contributed by atoms with Gasteiger partial charge in [0.05, 0.1) is 31.7 Å². The number of nitrogens with two attached hydrogens (primary N) is 1. The second-order valence-electron chi connectivity index (χ2n) is 6.69. The van der Waals surface area contributed by atoms with Gasteiger partial charge in [0.2, 0.25) is 0 Å². The van der Waals surface area contributed by atoms with Crippen LogP contribution < -0.4 is 19.9 Å². The molecule has 0 aliphatic carbocycles. The molecule has 4 aromatic rings. The van der Waals surface area contributed by atoms with Gasteiger partial charge in [-0.15, -0.1) is 0 Å². The Hall–Kier alpha value is -3.38. The molecular formula is C23H22ClN3O3. The number of nitrogens with zero attached hydrogens (tertiary/aromatic N) is 2. The van der Waals surface area contributed by atoms with Crippen molar-refractivity contribution in [3.05, 3.63) is 72.0 Å². The number of hydrogen-bond donors (Lipinski definition) is 1. The van der Waals surface area contributed by atoms with Gasteiger partial charge >= 0.3 is 0 Å². The molecular weight excluding hydrogens is 402 g/mol. The zero-order chi connectivity index (χ0) is 20.9. The lowest BCUT2D eigenvalue weighted by molar-refractivity contribution is 0.248. The maximum Gasteiger partial charge on any atom is 0.180 e. The molecule has 7 heteroatoms. The molecule has 30 heavy (non-hydrogen) atoms. The molecule has 0 fully saturated rings. The van der Waals surface area contributed by atoms with E-state index in [1.165, 1.54) is 0 Å². The fraction of sp³-hybridized carbons (Fsp3) is 0.174. The van der Waals surface area contributed by atoms with Gasteiger partial charge in [-0.3, -0.25) is 0 Å². The minimum Gasteiger partial charge on any atom is -0.495 e. The molecule has 0 saturated carbocycles. The molecule has 0 aliphatic rings. The number of benzene rings is 2. The summed E-state index contributed by atoms with van der Waals surface area (Å²) < 4.78 is 18.8. The van der Waals surface area contributed by atoms with Crippen molar-refractivity contribution in [2.45, 2.75) is 6.42 Å². The first-order chi connectivity index (χ1) is 14.6. The smallest absolute Gasteiger partial charge is 0.180 e. The Morgan fingerprint density at radius 2 is 1.80 bits per heavy atom. The Kier molecular flexibility index (Phi) is 5.95. The molecule has 154 valence electrons. The first kappa shape index (κ1) is 19.9. The molecule has 0 unspecified atom stereocenters. The van der Waals surface area contributed by atoms with Gasteiger partial charge in [-0.25, -0.2) is 4.98 Å². The number of anilines is 1. The van der Waals surface area contributed by atoms with Crippen molar-refractivity contribution in [3.8, 4) is 28.5 Å². The summed E-state index contributed by atoms with van der Waals surface area (Å²) in [6, 6.07) is 16.8. The third-order valence-corrected chi connectivity index (χ3v) is 4.85. The van der Waals surface area contributed by atoms with Crippen LogP contribution in [0.4, 0.5) is 5.69 Å². The normalized spacial score (nSPS) is 10.9. The van der Waals surface area contributed by atoms with Crippen molar-refractivity contribution in [1.29, 1.82) is 0 Å². The average molecular weight is 424 g/mol. The van der Waals surface area contributed by atoms with E-state index in [0.29, 0.717) is 29.7 Å². The van der Waals surface area contributed by atoms with Crippen molar-refractivity contribution in [3.63, 3.8) is 0 Å². The van der Waals surface area contributed by atoms with Crippen molar-refractivity contribution >= 4 is 22.9 Å². The van der Waals surface area contributed by atoms with E-state index in [4.69, 9.17) is 36.5 Å². The van der Waals surface area contributed by atoms with Gasteiger partial charge in [-0.2, -0.15) is 0 Å².